The number of aliphatic hydroxyl groups excluding tert-OH is 1. The molecule has 0 spiro atoms. The molecule has 0 saturated carbocycles. The van der Waals surface area contributed by atoms with Crippen molar-refractivity contribution in [2.24, 2.45) is 0 Å². The molecule has 1 aromatic rings. The first-order valence-corrected chi connectivity index (χ1v) is 4.70. The predicted molar refractivity (Wildman–Crippen MR) is 51.8 cm³/mol. The van der Waals surface area contributed by atoms with Gasteiger partial charge in [0.2, 0.25) is 0 Å². The van der Waals surface area contributed by atoms with E-state index in [-0.39, 0.29) is 13.2 Å². The number of hydrogen-bond acceptors (Lipinski definition) is 3. The van der Waals surface area contributed by atoms with E-state index in [0.29, 0.717) is 0 Å². The molecule has 4 nitrogen and oxygen atoms in total. The third-order valence-electron chi connectivity index (χ3n) is 2.42. The Morgan fingerprint density at radius 3 is 2.50 bits per heavy atom. The minimum absolute atomic E-state index is 0.163. The Bertz CT molecular complexity index is 344. The van der Waals surface area contributed by atoms with Crippen molar-refractivity contribution < 1.29 is 18.3 Å². The van der Waals surface area contributed by atoms with Crippen molar-refractivity contribution in [3.8, 4) is 0 Å². The van der Waals surface area contributed by atoms with Crippen molar-refractivity contribution in [1.29, 1.82) is 0 Å². The predicted octanol–water partition coefficient (Wildman–Crippen LogP) is 0.872. The van der Waals surface area contributed by atoms with E-state index in [4.69, 9.17) is 5.11 Å². The molecule has 0 aromatic carbocycles. The molecule has 1 aromatic heterocycles. The molecule has 1 unspecified atom stereocenters. The van der Waals surface area contributed by atoms with Gasteiger partial charge in [0.1, 0.15) is 0 Å². The molecule has 0 aliphatic rings. The molecule has 0 bridgehead atoms. The van der Waals surface area contributed by atoms with Crippen molar-refractivity contribution in [3.63, 3.8) is 0 Å². The Hall–Kier alpha value is -1.08. The third kappa shape index (κ3) is 2.96. The second kappa shape index (κ2) is 4.42. The Kier molecular flexibility index (Phi) is 3.59. The summed E-state index contributed by atoms with van der Waals surface area (Å²) in [6.45, 7) is 1.67. The maximum absolute atomic E-state index is 12.3. The molecule has 16 heavy (non-hydrogen) atoms. The zero-order chi connectivity index (χ0) is 12.4. The molecule has 1 heterocycles. The number of nitrogens with zero attached hydrogens (tertiary/aromatic N) is 2. The highest BCUT2D eigenvalue weighted by Crippen LogP contribution is 2.28. The Morgan fingerprint density at radius 1 is 1.50 bits per heavy atom. The Labute approximate surface area is 91.1 Å². The smallest absolute Gasteiger partial charge is 0.394 e. The summed E-state index contributed by atoms with van der Waals surface area (Å²) in [5.74, 6) is 0. The standard InChI is InChI=1S/C9H14F3N3O/c1-8(6-16,13-2)5-15-4-7(3-14-15)9(10,11)12/h3-4,13,16H,5-6H2,1-2H3. The SMILES string of the molecule is CNC(C)(CO)Cn1cc(C(F)(F)F)cn1. The van der Waals surface area contributed by atoms with E-state index in [1.165, 1.54) is 0 Å². The van der Waals surface area contributed by atoms with Gasteiger partial charge in [0.05, 0.1) is 30.5 Å². The molecule has 92 valence electrons. The molecule has 0 aliphatic heterocycles. The largest absolute Gasteiger partial charge is 0.419 e. The highest BCUT2D eigenvalue weighted by Gasteiger charge is 2.33. The summed E-state index contributed by atoms with van der Waals surface area (Å²) in [7, 11) is 1.63. The van der Waals surface area contributed by atoms with Crippen LogP contribution >= 0.6 is 0 Å². The highest BCUT2D eigenvalue weighted by atomic mass is 19.4. The van der Waals surface area contributed by atoms with Gasteiger partial charge in [0.15, 0.2) is 0 Å². The quantitative estimate of drug-likeness (QED) is 0.817. The molecule has 0 aliphatic carbocycles. The van der Waals surface area contributed by atoms with Crippen LogP contribution in [0.25, 0.3) is 0 Å². The molecule has 0 fully saturated rings. The Balaban J connectivity index is 2.80. The van der Waals surface area contributed by atoms with Crippen molar-refractivity contribution in [1.82, 2.24) is 15.1 Å². The monoisotopic (exact) mass is 237 g/mol. The van der Waals surface area contributed by atoms with Crippen LogP contribution in [0.4, 0.5) is 13.2 Å². The first-order valence-electron chi connectivity index (χ1n) is 4.70. The van der Waals surface area contributed by atoms with Gasteiger partial charge in [-0.05, 0) is 14.0 Å². The Morgan fingerprint density at radius 2 is 2.12 bits per heavy atom. The normalized spacial score (nSPS) is 16.1. The van der Waals surface area contributed by atoms with Gasteiger partial charge in [-0.3, -0.25) is 4.68 Å². The maximum atomic E-state index is 12.3. The van der Waals surface area contributed by atoms with Crippen LogP contribution in [0, 0.1) is 0 Å². The van der Waals surface area contributed by atoms with E-state index in [1.807, 2.05) is 0 Å². The van der Waals surface area contributed by atoms with E-state index < -0.39 is 17.3 Å². The molecular weight excluding hydrogens is 223 g/mol. The first kappa shape index (κ1) is 13.0. The number of halogens is 3. The van der Waals surface area contributed by atoms with Gasteiger partial charge in [-0.15, -0.1) is 0 Å². The second-order valence-corrected chi connectivity index (χ2v) is 3.89. The average molecular weight is 237 g/mol. The maximum Gasteiger partial charge on any atom is 0.419 e. The molecule has 2 N–H and O–H groups in total. The summed E-state index contributed by atoms with van der Waals surface area (Å²) in [6.07, 6.45) is -2.69. The summed E-state index contributed by atoms with van der Waals surface area (Å²) in [6, 6.07) is 0. The molecule has 1 atom stereocenters. The summed E-state index contributed by atoms with van der Waals surface area (Å²) < 4.78 is 38.0. The van der Waals surface area contributed by atoms with Gasteiger partial charge >= 0.3 is 6.18 Å². The summed E-state index contributed by atoms with van der Waals surface area (Å²) in [5.41, 5.74) is -1.47. The number of aromatic nitrogens is 2. The first-order chi connectivity index (χ1) is 7.30. The lowest BCUT2D eigenvalue weighted by Crippen LogP contribution is -2.47. The number of alkyl halides is 3. The van der Waals surface area contributed by atoms with Crippen molar-refractivity contribution in [3.05, 3.63) is 18.0 Å². The highest BCUT2D eigenvalue weighted by molar-refractivity contribution is 5.08. The minimum atomic E-state index is -4.38. The molecule has 0 saturated heterocycles. The van der Waals surface area contributed by atoms with Crippen LogP contribution in [-0.2, 0) is 12.7 Å². The topological polar surface area (TPSA) is 50.1 Å². The van der Waals surface area contributed by atoms with Crippen LogP contribution < -0.4 is 5.32 Å². The number of likely N-dealkylation sites (N-methyl/N-ethyl adjacent to an activating group) is 1. The van der Waals surface area contributed by atoms with E-state index in [0.717, 1.165) is 17.1 Å². The minimum Gasteiger partial charge on any atom is -0.394 e. The second-order valence-electron chi connectivity index (χ2n) is 3.89. The molecule has 1 rings (SSSR count). The molecule has 0 amide bonds. The number of rotatable bonds is 4. The van der Waals surface area contributed by atoms with E-state index in [2.05, 4.69) is 10.4 Å². The fourth-order valence-electron chi connectivity index (χ4n) is 1.16. The number of hydrogen-bond donors (Lipinski definition) is 2. The fourth-order valence-corrected chi connectivity index (χ4v) is 1.16. The summed E-state index contributed by atoms with van der Waals surface area (Å²) >= 11 is 0. The molecule has 0 radical (unpaired) electrons. The zero-order valence-corrected chi connectivity index (χ0v) is 9.04. The molecular formula is C9H14F3N3O. The van der Waals surface area contributed by atoms with Crippen LogP contribution in [0.3, 0.4) is 0 Å². The third-order valence-corrected chi connectivity index (χ3v) is 2.42. The van der Waals surface area contributed by atoms with Crippen LogP contribution in [0.1, 0.15) is 12.5 Å². The van der Waals surface area contributed by atoms with Gasteiger partial charge in [-0.2, -0.15) is 18.3 Å². The number of aliphatic hydroxyl groups is 1. The lowest BCUT2D eigenvalue weighted by molar-refractivity contribution is -0.137. The van der Waals surface area contributed by atoms with Gasteiger partial charge in [0.25, 0.3) is 0 Å². The van der Waals surface area contributed by atoms with Crippen molar-refractivity contribution >= 4 is 0 Å². The van der Waals surface area contributed by atoms with Gasteiger partial charge in [-0.25, -0.2) is 0 Å². The average Bonchev–Trinajstić information content (AvgIpc) is 2.65. The zero-order valence-electron chi connectivity index (χ0n) is 9.04. The lowest BCUT2D eigenvalue weighted by atomic mass is 10.1. The summed E-state index contributed by atoms with van der Waals surface area (Å²) in [4.78, 5) is 0. The van der Waals surface area contributed by atoms with E-state index in [1.54, 1.807) is 14.0 Å². The van der Waals surface area contributed by atoms with Crippen LogP contribution in [0.15, 0.2) is 12.4 Å². The lowest BCUT2D eigenvalue weighted by Gasteiger charge is -2.26. The van der Waals surface area contributed by atoms with Crippen molar-refractivity contribution in [2.45, 2.75) is 25.2 Å². The van der Waals surface area contributed by atoms with Crippen LogP contribution in [-0.4, -0.2) is 34.1 Å². The number of nitrogens with one attached hydrogen (secondary N) is 1. The van der Waals surface area contributed by atoms with Crippen LogP contribution in [0.2, 0.25) is 0 Å². The van der Waals surface area contributed by atoms with Crippen LogP contribution in [0.5, 0.6) is 0 Å². The van der Waals surface area contributed by atoms with E-state index >= 15 is 0 Å². The van der Waals surface area contributed by atoms with Gasteiger partial charge in [-0.1, -0.05) is 0 Å². The molecule has 7 heteroatoms. The van der Waals surface area contributed by atoms with Gasteiger partial charge in [0, 0.05) is 6.20 Å². The van der Waals surface area contributed by atoms with Crippen molar-refractivity contribution in [2.75, 3.05) is 13.7 Å². The van der Waals surface area contributed by atoms with E-state index in [9.17, 15) is 13.2 Å². The fraction of sp³-hybridized carbons (Fsp3) is 0.667. The van der Waals surface area contributed by atoms with Gasteiger partial charge < -0.3 is 10.4 Å². The summed E-state index contributed by atoms with van der Waals surface area (Å²) in [5, 5.41) is 15.5.